The van der Waals surface area contributed by atoms with E-state index in [9.17, 15) is 13.6 Å². The summed E-state index contributed by atoms with van der Waals surface area (Å²) in [7, 11) is 1.86. The average molecular weight is 360 g/mol. The minimum absolute atomic E-state index is 0.0384. The lowest BCUT2D eigenvalue weighted by Gasteiger charge is -2.29. The molecule has 1 aromatic carbocycles. The fourth-order valence-electron chi connectivity index (χ4n) is 4.07. The zero-order valence-electron chi connectivity index (χ0n) is 14.7. The van der Waals surface area contributed by atoms with Gasteiger partial charge in [0.15, 0.2) is 0 Å². The molecule has 2 aliphatic rings. The number of aryl methyl sites for hydroxylation is 1. The topological polar surface area (TPSA) is 50.2 Å². The summed E-state index contributed by atoms with van der Waals surface area (Å²) in [6.07, 6.45) is 6.38. The third-order valence-electron chi connectivity index (χ3n) is 5.77. The molecule has 1 aromatic heterocycles. The molecule has 2 fully saturated rings. The Morgan fingerprint density at radius 1 is 1.38 bits per heavy atom. The van der Waals surface area contributed by atoms with Crippen LogP contribution in [0.25, 0.3) is 0 Å². The molecular formula is C19H22F2N4O. The highest BCUT2D eigenvalue weighted by atomic mass is 19.1. The van der Waals surface area contributed by atoms with E-state index < -0.39 is 17.5 Å². The van der Waals surface area contributed by atoms with E-state index >= 15 is 0 Å². The average Bonchev–Trinajstić information content (AvgIpc) is 3.14. The van der Waals surface area contributed by atoms with Crippen molar-refractivity contribution in [3.63, 3.8) is 0 Å². The van der Waals surface area contributed by atoms with Crippen LogP contribution in [0.1, 0.15) is 35.4 Å². The first-order valence-corrected chi connectivity index (χ1v) is 8.93. The van der Waals surface area contributed by atoms with Gasteiger partial charge in [0, 0.05) is 25.5 Å². The molecule has 1 aliphatic heterocycles. The van der Waals surface area contributed by atoms with Crippen LogP contribution in [0.15, 0.2) is 30.6 Å². The minimum atomic E-state index is -0.693. The van der Waals surface area contributed by atoms with Gasteiger partial charge in [-0.2, -0.15) is 0 Å². The highest BCUT2D eigenvalue weighted by Gasteiger charge is 2.58. The SMILES string of the molecule is Cn1ccnc1CN(C(=O)c1cc(F)ccc1F)C1CC12CCNCC2. The second kappa shape index (κ2) is 6.46. The number of hydrogen-bond acceptors (Lipinski definition) is 3. The summed E-state index contributed by atoms with van der Waals surface area (Å²) in [4.78, 5) is 19.1. The van der Waals surface area contributed by atoms with Crippen LogP contribution < -0.4 is 5.32 Å². The molecule has 0 radical (unpaired) electrons. The van der Waals surface area contributed by atoms with Crippen LogP contribution in [0.2, 0.25) is 0 Å². The molecule has 0 bridgehead atoms. The number of piperidine rings is 1. The van der Waals surface area contributed by atoms with Crippen molar-refractivity contribution in [2.24, 2.45) is 12.5 Å². The van der Waals surface area contributed by atoms with E-state index in [1.807, 2.05) is 17.8 Å². The van der Waals surface area contributed by atoms with E-state index in [0.29, 0.717) is 0 Å². The molecule has 1 spiro atoms. The molecule has 138 valence electrons. The van der Waals surface area contributed by atoms with Crippen LogP contribution >= 0.6 is 0 Å². The minimum Gasteiger partial charge on any atom is -0.337 e. The first kappa shape index (κ1) is 17.1. The molecule has 1 amide bonds. The van der Waals surface area contributed by atoms with E-state index in [1.54, 1.807) is 11.1 Å². The Morgan fingerprint density at radius 2 is 2.15 bits per heavy atom. The fraction of sp³-hybridized carbons (Fsp3) is 0.474. The van der Waals surface area contributed by atoms with Crippen molar-refractivity contribution in [1.29, 1.82) is 0 Å². The van der Waals surface area contributed by atoms with E-state index in [-0.39, 0.29) is 23.6 Å². The molecule has 4 rings (SSSR count). The van der Waals surface area contributed by atoms with Gasteiger partial charge in [0.25, 0.3) is 5.91 Å². The first-order valence-electron chi connectivity index (χ1n) is 8.93. The number of halogens is 2. The van der Waals surface area contributed by atoms with Crippen LogP contribution in [-0.2, 0) is 13.6 Å². The number of nitrogens with zero attached hydrogens (tertiary/aromatic N) is 3. The third-order valence-corrected chi connectivity index (χ3v) is 5.77. The summed E-state index contributed by atoms with van der Waals surface area (Å²) >= 11 is 0. The molecular weight excluding hydrogens is 338 g/mol. The van der Waals surface area contributed by atoms with Gasteiger partial charge in [-0.25, -0.2) is 13.8 Å². The number of carbonyl (C=O) groups is 1. The molecule has 1 N–H and O–H groups in total. The molecule has 26 heavy (non-hydrogen) atoms. The summed E-state index contributed by atoms with van der Waals surface area (Å²) < 4.78 is 29.7. The number of aromatic nitrogens is 2. The Bertz CT molecular complexity index is 829. The lowest BCUT2D eigenvalue weighted by molar-refractivity contribution is 0.0680. The molecule has 2 aromatic rings. The maximum atomic E-state index is 14.2. The van der Waals surface area contributed by atoms with Gasteiger partial charge in [0.2, 0.25) is 0 Å². The van der Waals surface area contributed by atoms with Crippen molar-refractivity contribution in [3.8, 4) is 0 Å². The number of benzene rings is 1. The number of nitrogens with one attached hydrogen (secondary N) is 1. The standard InChI is InChI=1S/C19H22F2N4O/c1-24-9-8-23-17(24)12-25(16-11-19(16)4-6-22-7-5-19)18(26)14-10-13(20)2-3-15(14)21/h2-3,8-10,16,22H,4-7,11-12H2,1H3. The van der Waals surface area contributed by atoms with Gasteiger partial charge in [-0.1, -0.05) is 0 Å². The van der Waals surface area contributed by atoms with Crippen molar-refractivity contribution in [2.45, 2.75) is 31.8 Å². The molecule has 1 unspecified atom stereocenters. The highest BCUT2D eigenvalue weighted by Crippen LogP contribution is 2.56. The Morgan fingerprint density at radius 3 is 2.85 bits per heavy atom. The maximum Gasteiger partial charge on any atom is 0.257 e. The van der Waals surface area contributed by atoms with Gasteiger partial charge >= 0.3 is 0 Å². The Balaban J connectivity index is 1.65. The van der Waals surface area contributed by atoms with E-state index in [2.05, 4.69) is 10.3 Å². The van der Waals surface area contributed by atoms with Crippen molar-refractivity contribution in [1.82, 2.24) is 19.8 Å². The first-order chi connectivity index (χ1) is 12.5. The Labute approximate surface area is 151 Å². The van der Waals surface area contributed by atoms with Gasteiger partial charge in [0.05, 0.1) is 12.1 Å². The zero-order chi connectivity index (χ0) is 18.3. The van der Waals surface area contributed by atoms with E-state index in [4.69, 9.17) is 0 Å². The number of amides is 1. The summed E-state index contributed by atoms with van der Waals surface area (Å²) in [5.74, 6) is -1.04. The molecule has 5 nitrogen and oxygen atoms in total. The van der Waals surface area contributed by atoms with Crippen molar-refractivity contribution < 1.29 is 13.6 Å². The predicted molar refractivity (Wildman–Crippen MR) is 92.4 cm³/mol. The fourth-order valence-corrected chi connectivity index (χ4v) is 4.07. The Hall–Kier alpha value is -2.28. The normalized spacial score (nSPS) is 21.0. The lowest BCUT2D eigenvalue weighted by Crippen LogP contribution is -2.40. The zero-order valence-corrected chi connectivity index (χ0v) is 14.7. The smallest absolute Gasteiger partial charge is 0.257 e. The Kier molecular flexibility index (Phi) is 4.26. The van der Waals surface area contributed by atoms with Gasteiger partial charge < -0.3 is 14.8 Å². The van der Waals surface area contributed by atoms with Crippen LogP contribution in [0.5, 0.6) is 0 Å². The van der Waals surface area contributed by atoms with Crippen LogP contribution in [0, 0.1) is 17.0 Å². The predicted octanol–water partition coefficient (Wildman–Crippen LogP) is 2.48. The number of rotatable bonds is 4. The van der Waals surface area contributed by atoms with Crippen LogP contribution in [0.4, 0.5) is 8.78 Å². The number of hydrogen-bond donors (Lipinski definition) is 1. The molecule has 1 saturated heterocycles. The van der Waals surface area contributed by atoms with Gasteiger partial charge in [-0.15, -0.1) is 0 Å². The molecule has 2 heterocycles. The summed E-state index contributed by atoms with van der Waals surface area (Å²) in [6.45, 7) is 2.14. The van der Waals surface area contributed by atoms with Gasteiger partial charge in [0.1, 0.15) is 17.5 Å². The second-order valence-electron chi connectivity index (χ2n) is 7.34. The summed E-state index contributed by atoms with van der Waals surface area (Å²) in [5, 5.41) is 3.34. The highest BCUT2D eigenvalue weighted by molar-refractivity contribution is 5.95. The van der Waals surface area contributed by atoms with E-state index in [0.717, 1.165) is 56.4 Å². The second-order valence-corrected chi connectivity index (χ2v) is 7.34. The lowest BCUT2D eigenvalue weighted by atomic mass is 9.93. The van der Waals surface area contributed by atoms with Crippen molar-refractivity contribution >= 4 is 5.91 Å². The quantitative estimate of drug-likeness (QED) is 0.911. The number of carbonyl (C=O) groups excluding carboxylic acids is 1. The monoisotopic (exact) mass is 360 g/mol. The summed E-state index contributed by atoms with van der Waals surface area (Å²) in [5.41, 5.74) is -0.120. The molecule has 1 saturated carbocycles. The largest absolute Gasteiger partial charge is 0.337 e. The van der Waals surface area contributed by atoms with E-state index in [1.165, 1.54) is 0 Å². The van der Waals surface area contributed by atoms with Crippen LogP contribution in [-0.4, -0.2) is 39.5 Å². The summed E-state index contributed by atoms with van der Waals surface area (Å²) in [6, 6.07) is 3.06. The van der Waals surface area contributed by atoms with Crippen molar-refractivity contribution in [2.75, 3.05) is 13.1 Å². The molecule has 1 atom stereocenters. The number of imidazole rings is 1. The van der Waals surface area contributed by atoms with Gasteiger partial charge in [-0.3, -0.25) is 4.79 Å². The molecule has 1 aliphatic carbocycles. The third kappa shape index (κ3) is 3.00. The molecule has 7 heteroatoms. The van der Waals surface area contributed by atoms with Gasteiger partial charge in [-0.05, 0) is 56.0 Å². The van der Waals surface area contributed by atoms with Crippen molar-refractivity contribution in [3.05, 3.63) is 53.6 Å². The van der Waals surface area contributed by atoms with Crippen LogP contribution in [0.3, 0.4) is 0 Å². The maximum absolute atomic E-state index is 14.2.